The van der Waals surface area contributed by atoms with Gasteiger partial charge in [0.15, 0.2) is 0 Å². The fraction of sp³-hybridized carbons (Fsp3) is 0.750. The predicted octanol–water partition coefficient (Wildman–Crippen LogP) is 0.941. The van der Waals surface area contributed by atoms with Gasteiger partial charge in [-0.3, -0.25) is 0 Å². The normalized spacial score (nSPS) is 26.2. The van der Waals surface area contributed by atoms with Gasteiger partial charge in [0.05, 0.1) is 6.61 Å². The number of hydrogen-bond acceptors (Lipinski definition) is 2. The first-order valence-electron chi connectivity index (χ1n) is 3.71. The quantitative estimate of drug-likeness (QED) is 0.578. The van der Waals surface area contributed by atoms with E-state index in [1.54, 1.807) is 7.11 Å². The molecule has 2 nitrogen and oxygen atoms in total. The molecule has 0 bridgehead atoms. The van der Waals surface area contributed by atoms with E-state index in [0.29, 0.717) is 6.04 Å². The molecule has 0 aromatic carbocycles. The Labute approximate surface area is 62.3 Å². The second-order valence-electron chi connectivity index (χ2n) is 2.82. The van der Waals surface area contributed by atoms with Crippen LogP contribution in [-0.2, 0) is 4.74 Å². The molecule has 1 atom stereocenters. The van der Waals surface area contributed by atoms with Gasteiger partial charge in [0.25, 0.3) is 0 Å². The first-order valence-corrected chi connectivity index (χ1v) is 3.71. The molecule has 10 heavy (non-hydrogen) atoms. The molecule has 0 spiro atoms. The highest BCUT2D eigenvalue weighted by atomic mass is 16.5. The van der Waals surface area contributed by atoms with Gasteiger partial charge in [-0.1, -0.05) is 11.6 Å². The highest BCUT2D eigenvalue weighted by molar-refractivity contribution is 5.06. The molecule has 0 unspecified atom stereocenters. The van der Waals surface area contributed by atoms with Crippen molar-refractivity contribution in [2.45, 2.75) is 19.4 Å². The molecule has 1 heterocycles. The molecule has 58 valence electrons. The summed E-state index contributed by atoms with van der Waals surface area (Å²) in [5.41, 5.74) is 1.47. The van der Waals surface area contributed by atoms with Crippen molar-refractivity contribution in [3.05, 3.63) is 11.6 Å². The van der Waals surface area contributed by atoms with Crippen LogP contribution in [0.1, 0.15) is 13.3 Å². The zero-order chi connectivity index (χ0) is 7.40. The van der Waals surface area contributed by atoms with Gasteiger partial charge in [0.2, 0.25) is 0 Å². The van der Waals surface area contributed by atoms with Gasteiger partial charge in [-0.2, -0.15) is 0 Å². The van der Waals surface area contributed by atoms with E-state index in [1.165, 1.54) is 5.57 Å². The summed E-state index contributed by atoms with van der Waals surface area (Å²) >= 11 is 0. The highest BCUT2D eigenvalue weighted by Crippen LogP contribution is 2.08. The van der Waals surface area contributed by atoms with Crippen molar-refractivity contribution in [1.82, 2.24) is 5.32 Å². The maximum atomic E-state index is 5.04. The van der Waals surface area contributed by atoms with Gasteiger partial charge in [-0.05, 0) is 13.3 Å². The molecule has 0 amide bonds. The topological polar surface area (TPSA) is 21.3 Å². The average molecular weight is 141 g/mol. The summed E-state index contributed by atoms with van der Waals surface area (Å²) in [4.78, 5) is 0. The number of methoxy groups -OCH3 is 1. The Bertz CT molecular complexity index is 131. The summed E-state index contributed by atoms with van der Waals surface area (Å²) in [5.74, 6) is 0. The molecule has 0 saturated carbocycles. The third-order valence-electron chi connectivity index (χ3n) is 1.79. The van der Waals surface area contributed by atoms with Gasteiger partial charge >= 0.3 is 0 Å². The zero-order valence-corrected chi connectivity index (χ0v) is 6.68. The third-order valence-corrected chi connectivity index (χ3v) is 1.79. The van der Waals surface area contributed by atoms with Crippen LogP contribution < -0.4 is 5.32 Å². The Morgan fingerprint density at radius 3 is 3.20 bits per heavy atom. The fourth-order valence-corrected chi connectivity index (χ4v) is 1.26. The van der Waals surface area contributed by atoms with Crippen LogP contribution in [0.15, 0.2) is 11.6 Å². The third kappa shape index (κ3) is 2.12. The van der Waals surface area contributed by atoms with E-state index >= 15 is 0 Å². The van der Waals surface area contributed by atoms with Gasteiger partial charge in [0, 0.05) is 19.7 Å². The Morgan fingerprint density at radius 2 is 2.60 bits per heavy atom. The number of hydrogen-bond donors (Lipinski definition) is 1. The summed E-state index contributed by atoms with van der Waals surface area (Å²) in [6.07, 6.45) is 3.36. The average Bonchev–Trinajstić information content (AvgIpc) is 1.88. The number of rotatable bonds is 2. The van der Waals surface area contributed by atoms with E-state index in [1.807, 2.05) is 0 Å². The monoisotopic (exact) mass is 141 g/mol. The SMILES string of the molecule is COC[C@@H]1CC(C)=CCN1. The van der Waals surface area contributed by atoms with Crippen molar-refractivity contribution < 1.29 is 4.74 Å². The summed E-state index contributed by atoms with van der Waals surface area (Å²) in [5, 5.41) is 3.35. The van der Waals surface area contributed by atoms with Crippen LogP contribution in [0, 0.1) is 0 Å². The van der Waals surface area contributed by atoms with Crippen LogP contribution in [0.25, 0.3) is 0 Å². The molecule has 0 saturated heterocycles. The molecule has 0 radical (unpaired) electrons. The summed E-state index contributed by atoms with van der Waals surface area (Å²) < 4.78 is 5.04. The highest BCUT2D eigenvalue weighted by Gasteiger charge is 2.10. The standard InChI is InChI=1S/C8H15NO/c1-7-3-4-9-8(5-7)6-10-2/h3,8-9H,4-6H2,1-2H3/t8-/m0/s1. The van der Waals surface area contributed by atoms with Crippen molar-refractivity contribution in [3.63, 3.8) is 0 Å². The molecular formula is C8H15NO. The summed E-state index contributed by atoms with van der Waals surface area (Å²) in [7, 11) is 1.75. The Balaban J connectivity index is 2.30. The van der Waals surface area contributed by atoms with E-state index in [-0.39, 0.29) is 0 Å². The molecule has 1 rings (SSSR count). The maximum Gasteiger partial charge on any atom is 0.0619 e. The van der Waals surface area contributed by atoms with E-state index in [0.717, 1.165) is 19.6 Å². The molecule has 2 heteroatoms. The van der Waals surface area contributed by atoms with Gasteiger partial charge in [-0.25, -0.2) is 0 Å². The van der Waals surface area contributed by atoms with Gasteiger partial charge < -0.3 is 10.1 Å². The Morgan fingerprint density at radius 1 is 1.80 bits per heavy atom. The lowest BCUT2D eigenvalue weighted by molar-refractivity contribution is 0.166. The second kappa shape index (κ2) is 3.74. The summed E-state index contributed by atoms with van der Waals surface area (Å²) in [6, 6.07) is 0.537. The lowest BCUT2D eigenvalue weighted by Crippen LogP contribution is -2.36. The minimum Gasteiger partial charge on any atom is -0.383 e. The molecule has 1 N–H and O–H groups in total. The van der Waals surface area contributed by atoms with Gasteiger partial charge in [0.1, 0.15) is 0 Å². The van der Waals surface area contributed by atoms with E-state index in [2.05, 4.69) is 18.3 Å². The van der Waals surface area contributed by atoms with Crippen LogP contribution in [-0.4, -0.2) is 26.3 Å². The first-order chi connectivity index (χ1) is 4.83. The lowest BCUT2D eigenvalue weighted by atomic mass is 10.0. The first kappa shape index (κ1) is 7.76. The molecule has 0 aliphatic carbocycles. The lowest BCUT2D eigenvalue weighted by Gasteiger charge is -2.21. The van der Waals surface area contributed by atoms with Crippen LogP contribution in [0.4, 0.5) is 0 Å². The van der Waals surface area contributed by atoms with Crippen LogP contribution in [0.5, 0.6) is 0 Å². The molecule has 0 aromatic rings. The summed E-state index contributed by atoms with van der Waals surface area (Å²) in [6.45, 7) is 3.99. The van der Waals surface area contributed by atoms with Crippen molar-refractivity contribution in [2.75, 3.05) is 20.3 Å². The number of ether oxygens (including phenoxy) is 1. The van der Waals surface area contributed by atoms with Crippen molar-refractivity contribution in [2.24, 2.45) is 0 Å². The zero-order valence-electron chi connectivity index (χ0n) is 6.68. The van der Waals surface area contributed by atoms with E-state index in [9.17, 15) is 0 Å². The molecule has 0 aromatic heterocycles. The largest absolute Gasteiger partial charge is 0.383 e. The number of nitrogens with one attached hydrogen (secondary N) is 1. The minimum atomic E-state index is 0.537. The Kier molecular flexibility index (Phi) is 2.90. The van der Waals surface area contributed by atoms with Crippen molar-refractivity contribution >= 4 is 0 Å². The molecule has 1 aliphatic heterocycles. The van der Waals surface area contributed by atoms with Crippen LogP contribution in [0.3, 0.4) is 0 Å². The minimum absolute atomic E-state index is 0.537. The van der Waals surface area contributed by atoms with E-state index < -0.39 is 0 Å². The van der Waals surface area contributed by atoms with E-state index in [4.69, 9.17) is 4.74 Å². The molecular weight excluding hydrogens is 126 g/mol. The molecule has 1 aliphatic rings. The van der Waals surface area contributed by atoms with Crippen LogP contribution in [0.2, 0.25) is 0 Å². The van der Waals surface area contributed by atoms with Crippen LogP contribution >= 0.6 is 0 Å². The fourth-order valence-electron chi connectivity index (χ4n) is 1.26. The molecule has 0 fully saturated rings. The van der Waals surface area contributed by atoms with Crippen molar-refractivity contribution in [3.8, 4) is 0 Å². The Hall–Kier alpha value is -0.340. The van der Waals surface area contributed by atoms with Crippen molar-refractivity contribution in [1.29, 1.82) is 0 Å². The van der Waals surface area contributed by atoms with Gasteiger partial charge in [-0.15, -0.1) is 0 Å². The maximum absolute atomic E-state index is 5.04. The smallest absolute Gasteiger partial charge is 0.0619 e. The second-order valence-corrected chi connectivity index (χ2v) is 2.82. The predicted molar refractivity (Wildman–Crippen MR) is 42.0 cm³/mol.